The van der Waals surface area contributed by atoms with Crippen LogP contribution in [-0.2, 0) is 19.0 Å². The molecule has 0 amide bonds. The summed E-state index contributed by atoms with van der Waals surface area (Å²) in [5.74, 6) is -1.84. The fraction of sp³-hybridized carbons (Fsp3) is 0.857. The number of hydrogen-bond donors (Lipinski definition) is 6. The first-order valence-corrected chi connectivity index (χ1v) is 10.8. The van der Waals surface area contributed by atoms with Crippen LogP contribution in [0.4, 0.5) is 0 Å². The van der Waals surface area contributed by atoms with Gasteiger partial charge < -0.3 is 44.8 Å². The molecule has 10 nitrogen and oxygen atoms in total. The average molecular weight is 444 g/mol. The number of carbonyl (C=O) groups is 1. The zero-order valence-electron chi connectivity index (χ0n) is 17.4. The van der Waals surface area contributed by atoms with Gasteiger partial charge in [0.15, 0.2) is 11.9 Å². The van der Waals surface area contributed by atoms with E-state index in [1.54, 1.807) is 0 Å². The standard InChI is InChI=1S/C21H32O10/c1-8-3-4-11-18(31-20(27)21(11,28)7-23)14-9(2)12(5-10(8)14)29-19-17(26)16(25)15(24)13(6-22)30-19/h9-19,22-26,28H,1,3-7H2,2H3. The summed E-state index contributed by atoms with van der Waals surface area (Å²) < 4.78 is 17.1. The minimum Gasteiger partial charge on any atom is -0.459 e. The molecule has 0 bridgehead atoms. The first-order chi connectivity index (χ1) is 14.6. The molecule has 0 aromatic rings. The Bertz CT molecular complexity index is 712. The van der Waals surface area contributed by atoms with Crippen LogP contribution in [-0.4, -0.2) is 98.3 Å². The van der Waals surface area contributed by atoms with Crippen LogP contribution in [0, 0.1) is 23.7 Å². The lowest BCUT2D eigenvalue weighted by Crippen LogP contribution is -2.59. The maximum atomic E-state index is 12.3. The van der Waals surface area contributed by atoms with Gasteiger partial charge in [-0.15, -0.1) is 0 Å². The number of hydrogen-bond acceptors (Lipinski definition) is 10. The third-order valence-corrected chi connectivity index (χ3v) is 7.83. The number of esters is 1. The van der Waals surface area contributed by atoms with Crippen LogP contribution in [0.5, 0.6) is 0 Å². The number of allylic oxidation sites excluding steroid dienone is 1. The highest BCUT2D eigenvalue weighted by Gasteiger charge is 2.63. The molecule has 31 heavy (non-hydrogen) atoms. The number of fused-ring (bicyclic) bond motifs is 3. The minimum atomic E-state index is -1.93. The summed E-state index contributed by atoms with van der Waals surface area (Å²) in [7, 11) is 0. The SMILES string of the molecule is C=C1CCC2C(OC(=O)C2(O)CO)C2C1CC(OC1OC(CO)C(O)C(O)C1O)C2C. The highest BCUT2D eigenvalue weighted by atomic mass is 16.7. The monoisotopic (exact) mass is 444 g/mol. The predicted molar refractivity (Wildman–Crippen MR) is 103 cm³/mol. The Hall–Kier alpha value is -1.11. The Balaban J connectivity index is 1.55. The molecule has 4 aliphatic rings. The second-order valence-electron chi connectivity index (χ2n) is 9.41. The van der Waals surface area contributed by atoms with Gasteiger partial charge in [-0.25, -0.2) is 4.79 Å². The number of ether oxygens (including phenoxy) is 3. The van der Waals surface area contributed by atoms with Gasteiger partial charge in [0.05, 0.1) is 19.3 Å². The van der Waals surface area contributed by atoms with Gasteiger partial charge in [0, 0.05) is 11.8 Å². The summed E-state index contributed by atoms with van der Waals surface area (Å²) in [5, 5.41) is 60.1. The van der Waals surface area contributed by atoms with Crippen molar-refractivity contribution in [3.63, 3.8) is 0 Å². The highest BCUT2D eigenvalue weighted by Crippen LogP contribution is 2.54. The largest absolute Gasteiger partial charge is 0.459 e. The molecule has 12 unspecified atom stereocenters. The molecule has 4 fully saturated rings. The summed E-state index contributed by atoms with van der Waals surface area (Å²) in [6.07, 6.45) is -6.33. The predicted octanol–water partition coefficient (Wildman–Crippen LogP) is -1.94. The summed E-state index contributed by atoms with van der Waals surface area (Å²) in [6.45, 7) is 4.84. The van der Waals surface area contributed by atoms with E-state index in [2.05, 4.69) is 6.58 Å². The number of aliphatic hydroxyl groups is 6. The van der Waals surface area contributed by atoms with Crippen LogP contribution in [0.3, 0.4) is 0 Å². The van der Waals surface area contributed by atoms with E-state index in [9.17, 15) is 35.4 Å². The van der Waals surface area contributed by atoms with E-state index in [1.165, 1.54) is 0 Å². The van der Waals surface area contributed by atoms with E-state index in [0.717, 1.165) is 5.57 Å². The van der Waals surface area contributed by atoms with Gasteiger partial charge in [-0.05, 0) is 31.1 Å². The molecule has 2 heterocycles. The number of carbonyl (C=O) groups excluding carboxylic acids is 1. The van der Waals surface area contributed by atoms with Crippen molar-refractivity contribution in [1.29, 1.82) is 0 Å². The van der Waals surface area contributed by atoms with Gasteiger partial charge in [-0.2, -0.15) is 0 Å². The maximum absolute atomic E-state index is 12.3. The molecule has 2 saturated carbocycles. The molecular formula is C21H32O10. The van der Waals surface area contributed by atoms with Crippen molar-refractivity contribution in [3.05, 3.63) is 12.2 Å². The Kier molecular flexibility index (Phi) is 6.21. The molecule has 2 saturated heterocycles. The van der Waals surface area contributed by atoms with Crippen LogP contribution in [0.2, 0.25) is 0 Å². The van der Waals surface area contributed by atoms with Crippen molar-refractivity contribution in [2.24, 2.45) is 23.7 Å². The van der Waals surface area contributed by atoms with Gasteiger partial charge in [0.2, 0.25) is 0 Å². The smallest absolute Gasteiger partial charge is 0.341 e. The highest BCUT2D eigenvalue weighted by molar-refractivity contribution is 5.82. The van der Waals surface area contributed by atoms with Crippen LogP contribution >= 0.6 is 0 Å². The van der Waals surface area contributed by atoms with Crippen molar-refractivity contribution in [3.8, 4) is 0 Å². The summed E-state index contributed by atoms with van der Waals surface area (Å²) in [5.41, 5.74) is -0.988. The number of rotatable bonds is 4. The molecule has 12 atom stereocenters. The Morgan fingerprint density at radius 2 is 1.90 bits per heavy atom. The van der Waals surface area contributed by atoms with Crippen molar-refractivity contribution < 1.29 is 49.6 Å². The van der Waals surface area contributed by atoms with E-state index < -0.39 is 73.6 Å². The minimum absolute atomic E-state index is 0.0614. The molecule has 0 spiro atoms. The van der Waals surface area contributed by atoms with Crippen molar-refractivity contribution in [2.75, 3.05) is 13.2 Å². The summed E-state index contributed by atoms with van der Waals surface area (Å²) in [4.78, 5) is 12.3. The molecule has 4 rings (SSSR count). The van der Waals surface area contributed by atoms with Crippen LogP contribution in [0.15, 0.2) is 12.2 Å². The Morgan fingerprint density at radius 3 is 2.55 bits per heavy atom. The van der Waals surface area contributed by atoms with Gasteiger partial charge in [-0.3, -0.25) is 0 Å². The van der Waals surface area contributed by atoms with Crippen molar-refractivity contribution >= 4 is 5.97 Å². The topological polar surface area (TPSA) is 166 Å². The van der Waals surface area contributed by atoms with Gasteiger partial charge >= 0.3 is 5.97 Å². The fourth-order valence-corrected chi connectivity index (χ4v) is 5.92. The Labute approximate surface area is 180 Å². The first kappa shape index (κ1) is 23.1. The van der Waals surface area contributed by atoms with Gasteiger partial charge in [0.1, 0.15) is 30.5 Å². The third kappa shape index (κ3) is 3.53. The molecule has 0 radical (unpaired) electrons. The van der Waals surface area contributed by atoms with Gasteiger partial charge in [-0.1, -0.05) is 19.1 Å². The van der Waals surface area contributed by atoms with E-state index in [0.29, 0.717) is 19.3 Å². The van der Waals surface area contributed by atoms with Gasteiger partial charge in [0.25, 0.3) is 0 Å². The van der Waals surface area contributed by atoms with Crippen LogP contribution in [0.25, 0.3) is 0 Å². The second kappa shape index (κ2) is 8.35. The van der Waals surface area contributed by atoms with E-state index in [1.807, 2.05) is 6.92 Å². The van der Waals surface area contributed by atoms with Crippen molar-refractivity contribution in [2.45, 2.75) is 74.7 Å². The first-order valence-electron chi connectivity index (χ1n) is 10.8. The zero-order chi connectivity index (χ0) is 22.7. The molecule has 10 heteroatoms. The summed E-state index contributed by atoms with van der Waals surface area (Å²) >= 11 is 0. The summed E-state index contributed by atoms with van der Waals surface area (Å²) in [6, 6.07) is 0. The number of aliphatic hydroxyl groups excluding tert-OH is 5. The zero-order valence-corrected chi connectivity index (χ0v) is 17.4. The van der Waals surface area contributed by atoms with Crippen LogP contribution < -0.4 is 0 Å². The normalized spacial score (nSPS) is 52.4. The molecular weight excluding hydrogens is 412 g/mol. The maximum Gasteiger partial charge on any atom is 0.341 e. The third-order valence-electron chi connectivity index (χ3n) is 7.83. The molecule has 176 valence electrons. The van der Waals surface area contributed by atoms with Crippen LogP contribution in [0.1, 0.15) is 26.2 Å². The second-order valence-corrected chi connectivity index (χ2v) is 9.41. The van der Waals surface area contributed by atoms with E-state index in [-0.39, 0.29) is 17.8 Å². The molecule has 0 aromatic carbocycles. The lowest BCUT2D eigenvalue weighted by atomic mass is 9.76. The quantitative estimate of drug-likeness (QED) is 0.212. The molecule has 0 aromatic heterocycles. The fourth-order valence-electron chi connectivity index (χ4n) is 5.92. The molecule has 2 aliphatic carbocycles. The van der Waals surface area contributed by atoms with E-state index >= 15 is 0 Å². The molecule has 2 aliphatic heterocycles. The lowest BCUT2D eigenvalue weighted by Gasteiger charge is -2.41. The molecule has 6 N–H and O–H groups in total. The average Bonchev–Trinajstić information content (AvgIpc) is 3.15. The lowest BCUT2D eigenvalue weighted by molar-refractivity contribution is -0.313. The van der Waals surface area contributed by atoms with Crippen molar-refractivity contribution in [1.82, 2.24) is 0 Å². The Morgan fingerprint density at radius 1 is 1.19 bits per heavy atom. The van der Waals surface area contributed by atoms with E-state index in [4.69, 9.17) is 14.2 Å².